The highest BCUT2D eigenvalue weighted by atomic mass is 32.2. The second-order valence-electron chi connectivity index (χ2n) is 4.58. The van der Waals surface area contributed by atoms with Gasteiger partial charge in [0, 0.05) is 6.04 Å². The van der Waals surface area contributed by atoms with Crippen LogP contribution in [0.2, 0.25) is 0 Å². The number of phenols is 1. The number of hydrogen-bond donors (Lipinski definition) is 1. The molecule has 1 aromatic carbocycles. The van der Waals surface area contributed by atoms with Crippen LogP contribution >= 0.6 is 24.0 Å². The molecule has 0 radical (unpaired) electrons. The normalized spacial score (nSPS) is 17.4. The Bertz CT molecular complexity index is 596. The molecule has 20 heavy (non-hydrogen) atoms. The molecule has 1 fully saturated rings. The van der Waals surface area contributed by atoms with Gasteiger partial charge in [-0.3, -0.25) is 9.69 Å². The van der Waals surface area contributed by atoms with Gasteiger partial charge in [-0.25, -0.2) is 0 Å². The van der Waals surface area contributed by atoms with E-state index in [0.29, 0.717) is 15.0 Å². The van der Waals surface area contributed by atoms with Gasteiger partial charge in [-0.15, -0.1) is 0 Å². The first-order valence-electron chi connectivity index (χ1n) is 6.08. The maximum Gasteiger partial charge on any atom is 0.266 e. The lowest BCUT2D eigenvalue weighted by Gasteiger charge is -2.18. The lowest BCUT2D eigenvalue weighted by Crippen LogP contribution is -2.34. The highest BCUT2D eigenvalue weighted by molar-refractivity contribution is 8.26. The van der Waals surface area contributed by atoms with Gasteiger partial charge >= 0.3 is 0 Å². The number of rotatable bonds is 3. The van der Waals surface area contributed by atoms with Crippen LogP contribution in [-0.4, -0.2) is 33.4 Å². The summed E-state index contributed by atoms with van der Waals surface area (Å²) < 4.78 is 5.62. The zero-order chi connectivity index (χ0) is 14.9. The number of phenolic OH excluding ortho intramolecular Hbond substituents is 1. The molecule has 1 aromatic rings. The molecule has 106 valence electrons. The van der Waals surface area contributed by atoms with Crippen molar-refractivity contribution in [2.75, 3.05) is 7.11 Å². The third-order valence-corrected chi connectivity index (χ3v) is 4.17. The molecule has 1 N–H and O–H groups in total. The van der Waals surface area contributed by atoms with Crippen molar-refractivity contribution in [3.05, 3.63) is 28.7 Å². The van der Waals surface area contributed by atoms with Gasteiger partial charge in [0.2, 0.25) is 0 Å². The number of hydrogen-bond acceptors (Lipinski definition) is 5. The summed E-state index contributed by atoms with van der Waals surface area (Å²) in [6, 6.07) is 4.98. The van der Waals surface area contributed by atoms with E-state index in [0.717, 1.165) is 5.56 Å². The topological polar surface area (TPSA) is 49.8 Å². The van der Waals surface area contributed by atoms with Gasteiger partial charge in [0.05, 0.1) is 12.0 Å². The molecule has 1 saturated heterocycles. The number of carbonyl (C=O) groups is 1. The van der Waals surface area contributed by atoms with E-state index >= 15 is 0 Å². The predicted molar refractivity (Wildman–Crippen MR) is 84.8 cm³/mol. The number of amides is 1. The molecule has 0 unspecified atom stereocenters. The Hall–Kier alpha value is -1.53. The summed E-state index contributed by atoms with van der Waals surface area (Å²) in [4.78, 5) is 14.4. The number of nitrogens with zero attached hydrogens (tertiary/aromatic N) is 1. The lowest BCUT2D eigenvalue weighted by molar-refractivity contribution is -0.123. The summed E-state index contributed by atoms with van der Waals surface area (Å²) >= 11 is 6.51. The maximum atomic E-state index is 12.3. The van der Waals surface area contributed by atoms with Crippen molar-refractivity contribution in [3.63, 3.8) is 0 Å². The van der Waals surface area contributed by atoms with E-state index in [1.165, 1.54) is 24.9 Å². The van der Waals surface area contributed by atoms with E-state index in [1.807, 2.05) is 13.8 Å². The Morgan fingerprint density at radius 1 is 1.45 bits per heavy atom. The van der Waals surface area contributed by atoms with Gasteiger partial charge in [-0.2, -0.15) is 0 Å². The smallest absolute Gasteiger partial charge is 0.266 e. The van der Waals surface area contributed by atoms with E-state index in [1.54, 1.807) is 23.1 Å². The van der Waals surface area contributed by atoms with Crippen LogP contribution in [0.3, 0.4) is 0 Å². The van der Waals surface area contributed by atoms with Crippen LogP contribution in [0.25, 0.3) is 6.08 Å². The fraction of sp³-hybridized carbons (Fsp3) is 0.286. The van der Waals surface area contributed by atoms with E-state index in [-0.39, 0.29) is 17.7 Å². The van der Waals surface area contributed by atoms with Gasteiger partial charge < -0.3 is 9.84 Å². The third-order valence-electron chi connectivity index (χ3n) is 2.84. The summed E-state index contributed by atoms with van der Waals surface area (Å²) in [5, 5.41) is 9.56. The fourth-order valence-corrected chi connectivity index (χ4v) is 3.38. The van der Waals surface area contributed by atoms with Crippen molar-refractivity contribution in [1.29, 1.82) is 0 Å². The van der Waals surface area contributed by atoms with Crippen molar-refractivity contribution in [2.45, 2.75) is 19.9 Å². The highest BCUT2D eigenvalue weighted by Crippen LogP contribution is 2.35. The molecule has 0 aliphatic carbocycles. The minimum atomic E-state index is -0.0814. The number of benzene rings is 1. The van der Waals surface area contributed by atoms with Gasteiger partial charge in [-0.05, 0) is 37.6 Å². The van der Waals surface area contributed by atoms with Crippen LogP contribution in [0.15, 0.2) is 23.1 Å². The summed E-state index contributed by atoms with van der Waals surface area (Å²) in [6.07, 6.45) is 1.75. The molecule has 4 nitrogen and oxygen atoms in total. The Morgan fingerprint density at radius 3 is 2.70 bits per heavy atom. The molecule has 0 spiro atoms. The van der Waals surface area contributed by atoms with Crippen LogP contribution in [0.5, 0.6) is 11.5 Å². The van der Waals surface area contributed by atoms with Crippen molar-refractivity contribution >= 4 is 40.3 Å². The molecule has 0 atom stereocenters. The first kappa shape index (κ1) is 14.9. The van der Waals surface area contributed by atoms with E-state index in [2.05, 4.69) is 0 Å². The molecule has 1 aliphatic heterocycles. The number of carbonyl (C=O) groups excluding carboxylic acids is 1. The van der Waals surface area contributed by atoms with Gasteiger partial charge in [0.25, 0.3) is 5.91 Å². The maximum absolute atomic E-state index is 12.3. The van der Waals surface area contributed by atoms with Crippen LogP contribution in [-0.2, 0) is 4.79 Å². The van der Waals surface area contributed by atoms with Crippen molar-refractivity contribution in [1.82, 2.24) is 4.90 Å². The Balaban J connectivity index is 2.33. The monoisotopic (exact) mass is 309 g/mol. The first-order chi connectivity index (χ1) is 9.43. The molecule has 0 saturated carbocycles. The standard InChI is InChI=1S/C14H15NO3S2/c1-8(2)15-13(17)12(20-14(15)19)7-9-4-5-10(16)11(6-9)18-3/h4-8,16H,1-3H3/b12-7+. The van der Waals surface area contributed by atoms with E-state index < -0.39 is 0 Å². The minimum Gasteiger partial charge on any atom is -0.504 e. The van der Waals surface area contributed by atoms with E-state index in [9.17, 15) is 9.90 Å². The summed E-state index contributed by atoms with van der Waals surface area (Å²) in [5.41, 5.74) is 0.781. The zero-order valence-corrected chi connectivity index (χ0v) is 13.0. The fourth-order valence-electron chi connectivity index (χ4n) is 1.86. The Kier molecular flexibility index (Phi) is 4.35. The average molecular weight is 309 g/mol. The first-order valence-corrected chi connectivity index (χ1v) is 7.30. The third kappa shape index (κ3) is 2.81. The Labute approximate surface area is 127 Å². The van der Waals surface area contributed by atoms with Crippen LogP contribution < -0.4 is 4.74 Å². The molecule has 1 aliphatic rings. The number of ether oxygens (including phenoxy) is 1. The molecular formula is C14H15NO3S2. The number of thiocarbonyl (C=S) groups is 1. The minimum absolute atomic E-state index is 0.0442. The molecule has 0 bridgehead atoms. The summed E-state index contributed by atoms with van der Waals surface area (Å²) in [6.45, 7) is 3.86. The second kappa shape index (κ2) is 5.85. The van der Waals surface area contributed by atoms with Gasteiger partial charge in [-0.1, -0.05) is 30.0 Å². The van der Waals surface area contributed by atoms with E-state index in [4.69, 9.17) is 17.0 Å². The largest absolute Gasteiger partial charge is 0.504 e. The van der Waals surface area contributed by atoms with Crippen molar-refractivity contribution in [3.8, 4) is 11.5 Å². The van der Waals surface area contributed by atoms with Crippen molar-refractivity contribution < 1.29 is 14.6 Å². The van der Waals surface area contributed by atoms with Crippen LogP contribution in [0.4, 0.5) is 0 Å². The van der Waals surface area contributed by atoms with Crippen LogP contribution in [0, 0.1) is 0 Å². The van der Waals surface area contributed by atoms with Crippen LogP contribution in [0.1, 0.15) is 19.4 Å². The quantitative estimate of drug-likeness (QED) is 0.687. The van der Waals surface area contributed by atoms with Gasteiger partial charge in [0.15, 0.2) is 11.5 Å². The average Bonchev–Trinajstić information content (AvgIpc) is 2.66. The summed E-state index contributed by atoms with van der Waals surface area (Å²) in [5.74, 6) is 0.361. The predicted octanol–water partition coefficient (Wildman–Crippen LogP) is 3.01. The molecular weight excluding hydrogens is 294 g/mol. The molecule has 1 amide bonds. The number of thioether (sulfide) groups is 1. The zero-order valence-electron chi connectivity index (χ0n) is 11.4. The molecule has 0 aromatic heterocycles. The highest BCUT2D eigenvalue weighted by Gasteiger charge is 2.33. The molecule has 6 heteroatoms. The number of methoxy groups -OCH3 is 1. The number of aromatic hydroxyl groups is 1. The SMILES string of the molecule is COc1cc(/C=C2/SC(=S)N(C(C)C)C2=O)ccc1O. The van der Waals surface area contributed by atoms with Gasteiger partial charge in [0.1, 0.15) is 4.32 Å². The van der Waals surface area contributed by atoms with Crippen molar-refractivity contribution in [2.24, 2.45) is 0 Å². The Morgan fingerprint density at radius 2 is 2.15 bits per heavy atom. The lowest BCUT2D eigenvalue weighted by atomic mass is 10.2. The second-order valence-corrected chi connectivity index (χ2v) is 6.25. The molecule has 2 rings (SSSR count). The summed E-state index contributed by atoms with van der Waals surface area (Å²) in [7, 11) is 1.48. The molecule has 1 heterocycles.